The summed E-state index contributed by atoms with van der Waals surface area (Å²) in [6, 6.07) is 6.95. The lowest BCUT2D eigenvalue weighted by molar-refractivity contribution is -0.136. The van der Waals surface area contributed by atoms with Crippen LogP contribution in [0.15, 0.2) is 24.8 Å². The van der Waals surface area contributed by atoms with Gasteiger partial charge in [0.1, 0.15) is 5.75 Å². The second-order valence-corrected chi connectivity index (χ2v) is 3.19. The Morgan fingerprint density at radius 2 is 2.24 bits per heavy atom. The van der Waals surface area contributed by atoms with E-state index >= 15 is 0 Å². The number of nitrogens with zero attached hydrogens (tertiary/aromatic N) is 1. The van der Waals surface area contributed by atoms with Gasteiger partial charge in [-0.2, -0.15) is 5.26 Å². The van der Waals surface area contributed by atoms with Crippen molar-refractivity contribution in [3.8, 4) is 11.8 Å². The Labute approximate surface area is 100 Å². The molecule has 0 aliphatic heterocycles. The van der Waals surface area contributed by atoms with Gasteiger partial charge in [-0.05, 0) is 19.1 Å². The summed E-state index contributed by atoms with van der Waals surface area (Å²) in [5, 5.41) is 9.00. The molecule has 1 aromatic carbocycles. The van der Waals surface area contributed by atoms with E-state index in [0.717, 1.165) is 0 Å². The molecular weight excluding hydrogens is 218 g/mol. The van der Waals surface area contributed by atoms with Crippen LogP contribution < -0.4 is 4.74 Å². The summed E-state index contributed by atoms with van der Waals surface area (Å²) in [5.41, 5.74) is 0.846. The quantitative estimate of drug-likeness (QED) is 0.588. The van der Waals surface area contributed by atoms with E-state index in [-0.39, 0.29) is 12.2 Å². The van der Waals surface area contributed by atoms with Crippen LogP contribution in [0.3, 0.4) is 0 Å². The Balaban J connectivity index is 3.24. The molecule has 0 radical (unpaired) electrons. The van der Waals surface area contributed by atoms with Gasteiger partial charge in [0.25, 0.3) is 0 Å². The molecule has 0 saturated carbocycles. The molecule has 0 saturated heterocycles. The second-order valence-electron chi connectivity index (χ2n) is 3.19. The zero-order valence-corrected chi connectivity index (χ0v) is 9.82. The SMILES string of the molecule is C=C(C(=O)OCC)c1c(C#N)cccc1OC. The molecule has 0 bridgehead atoms. The monoisotopic (exact) mass is 231 g/mol. The Hall–Kier alpha value is -2.28. The standard InChI is InChI=1S/C13H13NO3/c1-4-17-13(15)9(2)12-10(8-14)6-5-7-11(12)16-3/h5-7H,2,4H2,1,3H3. The fourth-order valence-corrected chi connectivity index (χ4v) is 1.43. The van der Waals surface area contributed by atoms with Gasteiger partial charge < -0.3 is 9.47 Å². The van der Waals surface area contributed by atoms with E-state index in [2.05, 4.69) is 6.58 Å². The van der Waals surface area contributed by atoms with E-state index < -0.39 is 5.97 Å². The molecule has 0 fully saturated rings. The highest BCUT2D eigenvalue weighted by atomic mass is 16.5. The first kappa shape index (κ1) is 12.8. The van der Waals surface area contributed by atoms with Crippen LogP contribution in [0.4, 0.5) is 0 Å². The average molecular weight is 231 g/mol. The molecule has 0 aliphatic rings. The fraction of sp³-hybridized carbons (Fsp3) is 0.231. The van der Waals surface area contributed by atoms with Gasteiger partial charge in [-0.1, -0.05) is 12.6 Å². The minimum Gasteiger partial charge on any atom is -0.496 e. The van der Waals surface area contributed by atoms with E-state index in [1.54, 1.807) is 25.1 Å². The number of nitriles is 1. The van der Waals surface area contributed by atoms with Crippen molar-refractivity contribution in [2.45, 2.75) is 6.92 Å². The lowest BCUT2D eigenvalue weighted by Crippen LogP contribution is -2.08. The van der Waals surface area contributed by atoms with Crippen molar-refractivity contribution in [1.29, 1.82) is 5.26 Å². The molecule has 0 spiro atoms. The van der Waals surface area contributed by atoms with E-state index in [0.29, 0.717) is 16.9 Å². The molecule has 1 aromatic rings. The van der Waals surface area contributed by atoms with Gasteiger partial charge in [0.2, 0.25) is 0 Å². The Morgan fingerprint density at radius 1 is 1.53 bits per heavy atom. The van der Waals surface area contributed by atoms with Gasteiger partial charge in [0.05, 0.1) is 30.9 Å². The Kier molecular flexibility index (Phi) is 4.29. The first-order chi connectivity index (χ1) is 8.15. The molecule has 4 heteroatoms. The highest BCUT2D eigenvalue weighted by Crippen LogP contribution is 2.29. The number of rotatable bonds is 4. The molecule has 4 nitrogen and oxygen atoms in total. The number of carbonyl (C=O) groups is 1. The van der Waals surface area contributed by atoms with Crippen molar-refractivity contribution in [3.63, 3.8) is 0 Å². The molecule has 0 N–H and O–H groups in total. The topological polar surface area (TPSA) is 59.3 Å². The van der Waals surface area contributed by atoms with E-state index in [9.17, 15) is 4.79 Å². The van der Waals surface area contributed by atoms with Gasteiger partial charge >= 0.3 is 5.97 Å². The number of hydrogen-bond acceptors (Lipinski definition) is 4. The molecule has 88 valence electrons. The molecular formula is C13H13NO3. The minimum atomic E-state index is -0.548. The summed E-state index contributed by atoms with van der Waals surface area (Å²) in [7, 11) is 1.47. The van der Waals surface area contributed by atoms with E-state index in [1.165, 1.54) is 7.11 Å². The Bertz CT molecular complexity index is 486. The van der Waals surface area contributed by atoms with E-state index in [4.69, 9.17) is 14.7 Å². The minimum absolute atomic E-state index is 0.126. The summed E-state index contributed by atoms with van der Waals surface area (Å²) in [5.74, 6) is -0.115. The molecule has 0 aliphatic carbocycles. The van der Waals surface area contributed by atoms with Gasteiger partial charge in [0, 0.05) is 5.56 Å². The van der Waals surface area contributed by atoms with Crippen molar-refractivity contribution in [1.82, 2.24) is 0 Å². The van der Waals surface area contributed by atoms with Gasteiger partial charge in [-0.3, -0.25) is 0 Å². The van der Waals surface area contributed by atoms with Crippen LogP contribution in [0, 0.1) is 11.3 Å². The molecule has 0 atom stereocenters. The Morgan fingerprint density at radius 3 is 2.76 bits per heavy atom. The molecule has 0 aromatic heterocycles. The number of hydrogen-bond donors (Lipinski definition) is 0. The number of esters is 1. The summed E-state index contributed by atoms with van der Waals surface area (Å²) < 4.78 is 9.97. The summed E-state index contributed by atoms with van der Waals surface area (Å²) in [4.78, 5) is 11.6. The molecule has 17 heavy (non-hydrogen) atoms. The third kappa shape index (κ3) is 2.64. The van der Waals surface area contributed by atoms with Gasteiger partial charge in [0.15, 0.2) is 0 Å². The van der Waals surface area contributed by atoms with Crippen LogP contribution in [0.1, 0.15) is 18.1 Å². The fourth-order valence-electron chi connectivity index (χ4n) is 1.43. The normalized spacial score (nSPS) is 9.24. The van der Waals surface area contributed by atoms with Crippen LogP contribution in [0.5, 0.6) is 5.75 Å². The van der Waals surface area contributed by atoms with Crippen LogP contribution in [-0.4, -0.2) is 19.7 Å². The third-order valence-electron chi connectivity index (χ3n) is 2.19. The second kappa shape index (κ2) is 5.71. The van der Waals surface area contributed by atoms with Crippen molar-refractivity contribution < 1.29 is 14.3 Å². The number of benzene rings is 1. The van der Waals surface area contributed by atoms with E-state index in [1.807, 2.05) is 6.07 Å². The summed E-state index contributed by atoms with van der Waals surface area (Å²) in [6.45, 7) is 5.62. The maximum Gasteiger partial charge on any atom is 0.338 e. The highest BCUT2D eigenvalue weighted by Gasteiger charge is 2.18. The third-order valence-corrected chi connectivity index (χ3v) is 2.19. The molecule has 0 amide bonds. The van der Waals surface area contributed by atoms with Gasteiger partial charge in [-0.25, -0.2) is 4.79 Å². The van der Waals surface area contributed by atoms with Crippen molar-refractivity contribution in [2.24, 2.45) is 0 Å². The summed E-state index contributed by atoms with van der Waals surface area (Å²) in [6.07, 6.45) is 0. The predicted molar refractivity (Wildman–Crippen MR) is 63.4 cm³/mol. The van der Waals surface area contributed by atoms with Crippen molar-refractivity contribution in [2.75, 3.05) is 13.7 Å². The number of ether oxygens (including phenoxy) is 2. The van der Waals surface area contributed by atoms with Crippen LogP contribution in [0.2, 0.25) is 0 Å². The summed E-state index contributed by atoms with van der Waals surface area (Å²) >= 11 is 0. The van der Waals surface area contributed by atoms with Crippen LogP contribution in [-0.2, 0) is 9.53 Å². The smallest absolute Gasteiger partial charge is 0.338 e. The maximum atomic E-state index is 11.6. The van der Waals surface area contributed by atoms with Crippen molar-refractivity contribution >= 4 is 11.5 Å². The number of methoxy groups -OCH3 is 1. The zero-order chi connectivity index (χ0) is 12.8. The molecule has 1 rings (SSSR count). The molecule has 0 unspecified atom stereocenters. The van der Waals surface area contributed by atoms with Crippen LogP contribution in [0.25, 0.3) is 5.57 Å². The largest absolute Gasteiger partial charge is 0.496 e. The predicted octanol–water partition coefficient (Wildman–Crippen LogP) is 2.14. The lowest BCUT2D eigenvalue weighted by Gasteiger charge is -2.11. The first-order valence-electron chi connectivity index (χ1n) is 5.09. The highest BCUT2D eigenvalue weighted by molar-refractivity contribution is 6.17. The van der Waals surface area contributed by atoms with Crippen LogP contribution >= 0.6 is 0 Å². The van der Waals surface area contributed by atoms with Crippen molar-refractivity contribution in [3.05, 3.63) is 35.9 Å². The maximum absolute atomic E-state index is 11.6. The molecule has 0 heterocycles. The number of carbonyl (C=O) groups excluding carboxylic acids is 1. The van der Waals surface area contributed by atoms with Gasteiger partial charge in [-0.15, -0.1) is 0 Å². The average Bonchev–Trinajstić information content (AvgIpc) is 2.37. The lowest BCUT2D eigenvalue weighted by atomic mass is 10.0. The zero-order valence-electron chi connectivity index (χ0n) is 9.82. The first-order valence-corrected chi connectivity index (χ1v) is 5.09.